The van der Waals surface area contributed by atoms with E-state index in [2.05, 4.69) is 20.4 Å². The Morgan fingerprint density at radius 1 is 1.29 bits per heavy atom. The first-order valence-corrected chi connectivity index (χ1v) is 8.11. The van der Waals surface area contributed by atoms with Gasteiger partial charge in [-0.3, -0.25) is 9.36 Å². The molecule has 11 heteroatoms. The molecule has 0 fully saturated rings. The smallest absolute Gasteiger partial charge is 0.356 e. The molecule has 3 N–H and O–H groups in total. The van der Waals surface area contributed by atoms with Crippen LogP contribution < -0.4 is 10.9 Å². The van der Waals surface area contributed by atoms with Gasteiger partial charge < -0.3 is 15.5 Å². The number of aliphatic hydroxyl groups is 1. The summed E-state index contributed by atoms with van der Waals surface area (Å²) in [5, 5.41) is 26.4. The van der Waals surface area contributed by atoms with Crippen molar-refractivity contribution < 1.29 is 19.4 Å². The molecule has 4 aromatic heterocycles. The minimum atomic E-state index is -1.27. The molecule has 1 unspecified atom stereocenters. The molecule has 0 saturated carbocycles. The predicted molar refractivity (Wildman–Crippen MR) is 95.5 cm³/mol. The normalized spacial score (nSPS) is 12.4. The van der Waals surface area contributed by atoms with Crippen molar-refractivity contribution in [1.29, 1.82) is 0 Å². The monoisotopic (exact) mass is 384 g/mol. The van der Waals surface area contributed by atoms with Crippen LogP contribution in [-0.4, -0.2) is 46.6 Å². The zero-order valence-corrected chi connectivity index (χ0v) is 14.2. The highest BCUT2D eigenvalue weighted by atomic mass is 19.1. The Kier molecular flexibility index (Phi) is 4.20. The van der Waals surface area contributed by atoms with E-state index in [-0.39, 0.29) is 34.7 Å². The average molecular weight is 384 g/mol. The standard InChI is InChI=1S/C17H13FN6O4/c18-9-3-4-12(20-7-9)21-13(25)8-23-14-6-11(17(27)28)22-24(14)15-10(16(23)26)2-1-5-19-15/h1-7,13,25H,8H2,(H,20,21)(H,27,28). The third-order valence-corrected chi connectivity index (χ3v) is 4.05. The fraction of sp³-hybridized carbons (Fsp3) is 0.118. The van der Waals surface area contributed by atoms with E-state index in [0.29, 0.717) is 0 Å². The SMILES string of the molecule is O=C(O)c1cc2n(CC(O)Nc3ccc(F)cn3)c(=O)c3cccnc3n2n1. The van der Waals surface area contributed by atoms with Gasteiger partial charge in [-0.2, -0.15) is 9.61 Å². The van der Waals surface area contributed by atoms with Gasteiger partial charge in [-0.05, 0) is 24.3 Å². The second-order valence-electron chi connectivity index (χ2n) is 5.92. The van der Waals surface area contributed by atoms with E-state index < -0.39 is 23.6 Å². The van der Waals surface area contributed by atoms with Gasteiger partial charge in [0.2, 0.25) is 0 Å². The largest absolute Gasteiger partial charge is 0.476 e. The van der Waals surface area contributed by atoms with Gasteiger partial charge in [-0.15, -0.1) is 0 Å². The van der Waals surface area contributed by atoms with Crippen molar-refractivity contribution in [2.45, 2.75) is 12.8 Å². The number of aromatic carboxylic acids is 1. The fourth-order valence-electron chi connectivity index (χ4n) is 2.83. The zero-order chi connectivity index (χ0) is 19.8. The first-order valence-electron chi connectivity index (χ1n) is 8.11. The number of carboxylic acid groups (broad SMARTS) is 1. The topological polar surface area (TPSA) is 135 Å². The molecule has 0 aliphatic rings. The minimum absolute atomic E-state index is 0.154. The van der Waals surface area contributed by atoms with E-state index in [4.69, 9.17) is 0 Å². The summed E-state index contributed by atoms with van der Waals surface area (Å²) in [4.78, 5) is 32.1. The highest BCUT2D eigenvalue weighted by Gasteiger charge is 2.19. The van der Waals surface area contributed by atoms with E-state index in [1.54, 1.807) is 6.07 Å². The fourth-order valence-corrected chi connectivity index (χ4v) is 2.83. The van der Waals surface area contributed by atoms with E-state index in [1.165, 1.54) is 39.5 Å². The van der Waals surface area contributed by atoms with E-state index >= 15 is 0 Å². The second kappa shape index (κ2) is 6.70. The molecule has 0 bridgehead atoms. The predicted octanol–water partition coefficient (Wildman–Crippen LogP) is 0.707. The summed E-state index contributed by atoms with van der Waals surface area (Å²) < 4.78 is 15.4. The number of aromatic nitrogens is 5. The minimum Gasteiger partial charge on any atom is -0.476 e. The molecule has 0 aliphatic carbocycles. The molecular weight excluding hydrogens is 371 g/mol. The van der Waals surface area contributed by atoms with Crippen LogP contribution in [0.15, 0.2) is 47.5 Å². The molecule has 0 amide bonds. The quantitative estimate of drug-likeness (QED) is 0.428. The molecule has 4 heterocycles. The number of fused-ring (bicyclic) bond motifs is 3. The van der Waals surface area contributed by atoms with Gasteiger partial charge in [0.05, 0.1) is 18.1 Å². The molecule has 0 saturated heterocycles. The van der Waals surface area contributed by atoms with Crippen LogP contribution in [0.2, 0.25) is 0 Å². The molecule has 28 heavy (non-hydrogen) atoms. The molecule has 142 valence electrons. The van der Waals surface area contributed by atoms with Gasteiger partial charge in [0.1, 0.15) is 23.5 Å². The maximum absolute atomic E-state index is 13.0. The third kappa shape index (κ3) is 3.03. The molecule has 0 aromatic carbocycles. The Morgan fingerprint density at radius 2 is 2.11 bits per heavy atom. The Balaban J connectivity index is 1.80. The van der Waals surface area contributed by atoms with Crippen LogP contribution >= 0.6 is 0 Å². The van der Waals surface area contributed by atoms with Gasteiger partial charge in [0, 0.05) is 12.3 Å². The van der Waals surface area contributed by atoms with Crippen molar-refractivity contribution in [2.24, 2.45) is 0 Å². The summed E-state index contributed by atoms with van der Waals surface area (Å²) in [5.74, 6) is -1.58. The number of nitrogens with one attached hydrogen (secondary N) is 1. The first kappa shape index (κ1) is 17.5. The maximum Gasteiger partial charge on any atom is 0.356 e. The number of anilines is 1. The van der Waals surface area contributed by atoms with E-state index in [9.17, 15) is 24.2 Å². The molecule has 0 aliphatic heterocycles. The summed E-state index contributed by atoms with van der Waals surface area (Å²) in [6.45, 7) is -0.239. The highest BCUT2D eigenvalue weighted by Crippen LogP contribution is 2.14. The van der Waals surface area contributed by atoms with Gasteiger partial charge in [-0.25, -0.2) is 19.2 Å². The average Bonchev–Trinajstić information content (AvgIpc) is 3.13. The van der Waals surface area contributed by atoms with Crippen LogP contribution in [0.4, 0.5) is 10.2 Å². The van der Waals surface area contributed by atoms with Crippen LogP contribution in [0.25, 0.3) is 16.7 Å². The summed E-state index contributed by atoms with van der Waals surface area (Å²) in [6.07, 6.45) is 1.18. The number of hydrogen-bond donors (Lipinski definition) is 3. The van der Waals surface area contributed by atoms with Crippen molar-refractivity contribution in [3.05, 3.63) is 64.6 Å². The molecule has 0 radical (unpaired) electrons. The Labute approximate surface area is 155 Å². The maximum atomic E-state index is 13.0. The molecule has 4 rings (SSSR count). The lowest BCUT2D eigenvalue weighted by Crippen LogP contribution is -2.32. The summed E-state index contributed by atoms with van der Waals surface area (Å²) in [7, 11) is 0. The Bertz CT molecular complexity index is 1250. The first-order chi connectivity index (χ1) is 13.4. The Morgan fingerprint density at radius 3 is 2.82 bits per heavy atom. The van der Waals surface area contributed by atoms with Crippen molar-refractivity contribution in [3.8, 4) is 0 Å². The number of aliphatic hydroxyl groups excluding tert-OH is 1. The molecular formula is C17H13FN6O4. The van der Waals surface area contributed by atoms with Gasteiger partial charge in [-0.1, -0.05) is 0 Å². The zero-order valence-electron chi connectivity index (χ0n) is 14.2. The van der Waals surface area contributed by atoms with E-state index in [1.807, 2.05) is 0 Å². The number of nitrogens with zero attached hydrogens (tertiary/aromatic N) is 5. The number of carbonyl (C=O) groups is 1. The molecule has 4 aromatic rings. The van der Waals surface area contributed by atoms with Crippen LogP contribution in [0.3, 0.4) is 0 Å². The van der Waals surface area contributed by atoms with Crippen molar-refractivity contribution in [1.82, 2.24) is 24.1 Å². The van der Waals surface area contributed by atoms with Crippen LogP contribution in [0.1, 0.15) is 10.5 Å². The van der Waals surface area contributed by atoms with Crippen molar-refractivity contribution in [3.63, 3.8) is 0 Å². The molecule has 10 nitrogen and oxygen atoms in total. The van der Waals surface area contributed by atoms with Crippen LogP contribution in [-0.2, 0) is 6.54 Å². The molecule has 1 atom stereocenters. The summed E-state index contributed by atoms with van der Waals surface area (Å²) in [6, 6.07) is 6.83. The third-order valence-electron chi connectivity index (χ3n) is 4.05. The second-order valence-corrected chi connectivity index (χ2v) is 5.92. The van der Waals surface area contributed by atoms with Gasteiger partial charge in [0.15, 0.2) is 11.3 Å². The number of carboxylic acids is 1. The van der Waals surface area contributed by atoms with E-state index in [0.717, 1.165) is 6.20 Å². The van der Waals surface area contributed by atoms with Crippen molar-refractivity contribution >= 4 is 28.5 Å². The highest BCUT2D eigenvalue weighted by molar-refractivity contribution is 5.87. The lowest BCUT2D eigenvalue weighted by Gasteiger charge is -2.16. The Hall–Kier alpha value is -3.86. The lowest BCUT2D eigenvalue weighted by molar-refractivity contribution is 0.0690. The number of pyridine rings is 2. The number of rotatable bonds is 5. The van der Waals surface area contributed by atoms with Crippen molar-refractivity contribution in [2.75, 3.05) is 5.32 Å². The van der Waals surface area contributed by atoms with Crippen LogP contribution in [0.5, 0.6) is 0 Å². The molecule has 0 spiro atoms. The van der Waals surface area contributed by atoms with Crippen LogP contribution in [0, 0.1) is 5.82 Å². The van der Waals surface area contributed by atoms with Gasteiger partial charge in [0.25, 0.3) is 5.56 Å². The lowest BCUT2D eigenvalue weighted by atomic mass is 10.3. The van der Waals surface area contributed by atoms with Gasteiger partial charge >= 0.3 is 5.97 Å². The summed E-state index contributed by atoms with van der Waals surface area (Å²) in [5.41, 5.74) is -0.385. The number of hydrogen-bond acceptors (Lipinski definition) is 7. The number of halogens is 1. The summed E-state index contributed by atoms with van der Waals surface area (Å²) >= 11 is 0.